The predicted molar refractivity (Wildman–Crippen MR) is 128 cm³/mol. The second-order valence-electron chi connectivity index (χ2n) is 7.43. The molecule has 3 aromatic heterocycles. The molecule has 0 saturated carbocycles. The summed E-state index contributed by atoms with van der Waals surface area (Å²) in [6.45, 7) is 6.52. The Hall–Kier alpha value is -4.06. The van der Waals surface area contributed by atoms with Gasteiger partial charge in [-0.05, 0) is 51.5 Å². The number of nitrogens with zero attached hydrogens (tertiary/aromatic N) is 3. The molecular formula is C23H25N5O6S. The van der Waals surface area contributed by atoms with Crippen molar-refractivity contribution >= 4 is 40.1 Å². The fourth-order valence-electron chi connectivity index (χ4n) is 3.25. The van der Waals surface area contributed by atoms with Crippen molar-refractivity contribution in [1.29, 1.82) is 0 Å². The van der Waals surface area contributed by atoms with Crippen LogP contribution < -0.4 is 10.6 Å². The van der Waals surface area contributed by atoms with E-state index in [4.69, 9.17) is 9.47 Å². The van der Waals surface area contributed by atoms with Gasteiger partial charge in [0.2, 0.25) is 0 Å². The van der Waals surface area contributed by atoms with Crippen molar-refractivity contribution in [2.45, 2.75) is 27.7 Å². The molecule has 0 radical (unpaired) electrons. The van der Waals surface area contributed by atoms with Crippen LogP contribution in [0, 0.1) is 20.8 Å². The number of rotatable bonds is 8. The number of hydrogen-bond donors (Lipinski definition) is 2. The molecule has 0 aliphatic heterocycles. The fraction of sp³-hybridized carbons (Fsp3) is 0.304. The zero-order valence-corrected chi connectivity index (χ0v) is 20.7. The van der Waals surface area contributed by atoms with Gasteiger partial charge in [-0.25, -0.2) is 19.3 Å². The van der Waals surface area contributed by atoms with Crippen LogP contribution in [-0.2, 0) is 14.3 Å². The van der Waals surface area contributed by atoms with Gasteiger partial charge in [-0.2, -0.15) is 5.10 Å². The molecule has 3 rings (SSSR count). The van der Waals surface area contributed by atoms with Crippen molar-refractivity contribution < 1.29 is 28.7 Å². The summed E-state index contributed by atoms with van der Waals surface area (Å²) in [6, 6.07) is 5.05. The van der Waals surface area contributed by atoms with E-state index in [1.165, 1.54) is 19.3 Å². The van der Waals surface area contributed by atoms with Crippen molar-refractivity contribution in [3.63, 3.8) is 0 Å². The lowest BCUT2D eigenvalue weighted by Crippen LogP contribution is -2.22. The van der Waals surface area contributed by atoms with Crippen LogP contribution in [0.5, 0.6) is 0 Å². The van der Waals surface area contributed by atoms with Gasteiger partial charge in [-0.3, -0.25) is 9.59 Å². The monoisotopic (exact) mass is 499 g/mol. The number of nitrogens with one attached hydrogen (secondary N) is 2. The highest BCUT2D eigenvalue weighted by molar-refractivity contribution is 7.18. The number of pyridine rings is 1. The summed E-state index contributed by atoms with van der Waals surface area (Å²) >= 11 is 0.931. The Morgan fingerprint density at radius 3 is 2.40 bits per heavy atom. The Morgan fingerprint density at radius 2 is 1.83 bits per heavy atom. The summed E-state index contributed by atoms with van der Waals surface area (Å²) in [4.78, 5) is 53.9. The third kappa shape index (κ3) is 5.72. The Labute approximate surface area is 205 Å². The summed E-state index contributed by atoms with van der Waals surface area (Å²) in [5, 5.41) is 9.49. The highest BCUT2D eigenvalue weighted by Crippen LogP contribution is 2.33. The van der Waals surface area contributed by atoms with Crippen LogP contribution in [0.4, 0.5) is 5.00 Å². The van der Waals surface area contributed by atoms with Gasteiger partial charge < -0.3 is 20.1 Å². The van der Waals surface area contributed by atoms with Crippen LogP contribution in [0.3, 0.4) is 0 Å². The normalized spacial score (nSPS) is 10.5. The highest BCUT2D eigenvalue weighted by atomic mass is 32.1. The summed E-state index contributed by atoms with van der Waals surface area (Å²) in [5.74, 6) is -1.96. The van der Waals surface area contributed by atoms with Crippen LogP contribution in [0.1, 0.15) is 54.3 Å². The van der Waals surface area contributed by atoms with Gasteiger partial charge in [0.15, 0.2) is 12.4 Å². The standard InChI is InChI=1S/C23H25N5O6S/c1-6-33-23(32)18-14(4)19(20(30)24-5)35-21(18)26-17(29)11-34-22(31)15-7-8-16(25-10-15)28-13(3)9-12(2)27-28/h7-10H,6,11H2,1-5H3,(H,24,30)(H,26,29). The topological polar surface area (TPSA) is 142 Å². The third-order valence-corrected chi connectivity index (χ3v) is 6.06. The Balaban J connectivity index is 1.68. The van der Waals surface area contributed by atoms with E-state index < -0.39 is 30.4 Å². The van der Waals surface area contributed by atoms with Gasteiger partial charge >= 0.3 is 11.9 Å². The Kier molecular flexibility index (Phi) is 7.97. The molecule has 0 bridgehead atoms. The van der Waals surface area contributed by atoms with Gasteiger partial charge in [0.1, 0.15) is 5.00 Å². The molecule has 0 fully saturated rings. The minimum atomic E-state index is -0.744. The van der Waals surface area contributed by atoms with Gasteiger partial charge in [-0.15, -0.1) is 11.3 Å². The Morgan fingerprint density at radius 1 is 1.09 bits per heavy atom. The van der Waals surface area contributed by atoms with Crippen molar-refractivity contribution in [3.05, 3.63) is 57.4 Å². The molecule has 0 atom stereocenters. The van der Waals surface area contributed by atoms with Crippen LogP contribution >= 0.6 is 11.3 Å². The van der Waals surface area contributed by atoms with Gasteiger partial charge in [-0.1, -0.05) is 0 Å². The van der Waals surface area contributed by atoms with Crippen molar-refractivity contribution in [2.24, 2.45) is 0 Å². The zero-order valence-electron chi connectivity index (χ0n) is 19.9. The molecule has 0 aliphatic carbocycles. The molecule has 0 aliphatic rings. The van der Waals surface area contributed by atoms with E-state index in [0.29, 0.717) is 11.4 Å². The van der Waals surface area contributed by atoms with Crippen LogP contribution in [0.25, 0.3) is 5.82 Å². The summed E-state index contributed by atoms with van der Waals surface area (Å²) < 4.78 is 11.8. The van der Waals surface area contributed by atoms with Crippen molar-refractivity contribution in [1.82, 2.24) is 20.1 Å². The number of carbonyl (C=O) groups excluding carboxylic acids is 4. The molecule has 3 aromatic rings. The lowest BCUT2D eigenvalue weighted by Gasteiger charge is -2.08. The van der Waals surface area contributed by atoms with E-state index in [9.17, 15) is 19.2 Å². The molecule has 0 spiro atoms. The number of anilines is 1. The predicted octanol–water partition coefficient (Wildman–Crippen LogP) is 2.59. The largest absolute Gasteiger partial charge is 0.462 e. The van der Waals surface area contributed by atoms with Crippen LogP contribution in [-0.4, -0.2) is 58.8 Å². The first-order chi connectivity index (χ1) is 16.7. The van der Waals surface area contributed by atoms with Gasteiger partial charge in [0.25, 0.3) is 11.8 Å². The molecule has 2 amide bonds. The zero-order chi connectivity index (χ0) is 25.7. The molecule has 184 valence electrons. The second kappa shape index (κ2) is 10.9. The number of ether oxygens (including phenoxy) is 2. The maximum atomic E-state index is 12.5. The number of hydrogen-bond acceptors (Lipinski definition) is 9. The second-order valence-corrected chi connectivity index (χ2v) is 8.45. The smallest absolute Gasteiger partial charge is 0.341 e. The first-order valence-corrected chi connectivity index (χ1v) is 11.5. The van der Waals surface area contributed by atoms with Gasteiger partial charge in [0, 0.05) is 18.9 Å². The molecule has 11 nitrogen and oxygen atoms in total. The molecule has 0 aromatic carbocycles. The van der Waals surface area contributed by atoms with E-state index in [-0.39, 0.29) is 27.6 Å². The first kappa shape index (κ1) is 25.6. The maximum Gasteiger partial charge on any atom is 0.341 e. The van der Waals surface area contributed by atoms with E-state index in [0.717, 1.165) is 22.7 Å². The SMILES string of the molecule is CCOC(=O)c1c(NC(=O)COC(=O)c2ccc(-n3nc(C)cc3C)nc2)sc(C(=O)NC)c1C. The Bertz CT molecular complexity index is 1280. The van der Waals surface area contributed by atoms with E-state index in [1.54, 1.807) is 24.6 Å². The number of aromatic nitrogens is 3. The number of amides is 2. The lowest BCUT2D eigenvalue weighted by atomic mass is 10.1. The van der Waals surface area contributed by atoms with E-state index in [2.05, 4.69) is 20.7 Å². The van der Waals surface area contributed by atoms with E-state index in [1.807, 2.05) is 19.9 Å². The van der Waals surface area contributed by atoms with E-state index >= 15 is 0 Å². The van der Waals surface area contributed by atoms with Crippen molar-refractivity contribution in [3.8, 4) is 5.82 Å². The number of aryl methyl sites for hydroxylation is 2. The van der Waals surface area contributed by atoms with Crippen molar-refractivity contribution in [2.75, 3.05) is 25.6 Å². The number of carbonyl (C=O) groups is 4. The van der Waals surface area contributed by atoms with Crippen LogP contribution in [0.2, 0.25) is 0 Å². The molecule has 0 unspecified atom stereocenters. The third-order valence-electron chi connectivity index (χ3n) is 4.86. The van der Waals surface area contributed by atoms with Crippen LogP contribution in [0.15, 0.2) is 24.4 Å². The minimum Gasteiger partial charge on any atom is -0.462 e. The molecule has 35 heavy (non-hydrogen) atoms. The minimum absolute atomic E-state index is 0.0825. The molecule has 0 saturated heterocycles. The summed E-state index contributed by atoms with van der Waals surface area (Å²) in [5.41, 5.74) is 2.36. The first-order valence-electron chi connectivity index (χ1n) is 10.7. The number of thiophene rings is 1. The lowest BCUT2D eigenvalue weighted by molar-refractivity contribution is -0.119. The number of esters is 2. The fourth-order valence-corrected chi connectivity index (χ4v) is 4.41. The maximum absolute atomic E-state index is 12.5. The average Bonchev–Trinajstić information content (AvgIpc) is 3.34. The molecule has 2 N–H and O–H groups in total. The summed E-state index contributed by atoms with van der Waals surface area (Å²) in [7, 11) is 1.46. The molecule has 12 heteroatoms. The van der Waals surface area contributed by atoms with Gasteiger partial charge in [0.05, 0.1) is 28.3 Å². The molecule has 3 heterocycles. The molecular weight excluding hydrogens is 474 g/mol. The summed E-state index contributed by atoms with van der Waals surface area (Å²) in [6.07, 6.45) is 1.34. The highest BCUT2D eigenvalue weighted by Gasteiger charge is 2.26. The average molecular weight is 500 g/mol. The quantitative estimate of drug-likeness (QED) is 0.451.